The summed E-state index contributed by atoms with van der Waals surface area (Å²) < 4.78 is 40.3. The Morgan fingerprint density at radius 1 is 0.973 bits per heavy atom. The maximum atomic E-state index is 11.7. The van der Waals surface area contributed by atoms with E-state index < -0.39 is 95.3 Å². The molecule has 0 bridgehead atoms. The Morgan fingerprint density at radius 2 is 1.57 bits per heavy atom. The molecule has 2 saturated heterocycles. The highest BCUT2D eigenvalue weighted by atomic mass is 31.3. The normalized spacial score (nSPS) is 35.9. The first-order chi connectivity index (χ1) is 17.0. The van der Waals surface area contributed by atoms with Gasteiger partial charge in [-0.2, -0.15) is 4.31 Å². The Morgan fingerprint density at radius 3 is 2.11 bits per heavy atom. The van der Waals surface area contributed by atoms with Crippen LogP contribution in [0.3, 0.4) is 0 Å². The number of phosphoric ester groups is 1. The van der Waals surface area contributed by atoms with Gasteiger partial charge in [-0.3, -0.25) is 18.9 Å². The zero-order chi connectivity index (χ0) is 28.3. The first-order valence-corrected chi connectivity index (χ1v) is 13.1. The molecule has 2 aliphatic heterocycles. The molecule has 1 aromatic heterocycles. The van der Waals surface area contributed by atoms with E-state index in [-0.39, 0.29) is 0 Å². The van der Waals surface area contributed by atoms with Gasteiger partial charge in [0.15, 0.2) is 12.5 Å². The molecule has 22 heteroatoms. The number of hydrogen-bond donors (Lipinski definition) is 11. The first-order valence-electron chi connectivity index (χ1n) is 10.1. The molecule has 2 unspecified atom stereocenters. The van der Waals surface area contributed by atoms with Crippen LogP contribution in [0.4, 0.5) is 0 Å². The van der Waals surface area contributed by atoms with Crippen molar-refractivity contribution in [1.29, 1.82) is 0 Å². The number of aromatic amines is 1. The van der Waals surface area contributed by atoms with Gasteiger partial charge in [-0.1, -0.05) is 0 Å². The lowest BCUT2D eigenvalue weighted by Crippen LogP contribution is -2.61. The van der Waals surface area contributed by atoms with Crippen molar-refractivity contribution in [3.63, 3.8) is 0 Å². The van der Waals surface area contributed by atoms with Crippen molar-refractivity contribution in [3.05, 3.63) is 33.1 Å². The number of phosphoric acid groups is 2. The number of ether oxygens (including phenoxy) is 2. The van der Waals surface area contributed by atoms with E-state index in [0.29, 0.717) is 0 Å². The minimum Gasteiger partial charge on any atom is -0.394 e. The minimum absolute atomic E-state index is 0.470. The van der Waals surface area contributed by atoms with Crippen LogP contribution in [-0.4, -0.2) is 117 Å². The van der Waals surface area contributed by atoms with Gasteiger partial charge in [0.25, 0.3) is 5.56 Å². The molecule has 0 radical (unpaired) electrons. The van der Waals surface area contributed by atoms with E-state index in [4.69, 9.17) is 40.1 Å². The van der Waals surface area contributed by atoms with Crippen LogP contribution in [0.5, 0.6) is 0 Å². The summed E-state index contributed by atoms with van der Waals surface area (Å²) in [6, 6.07) is -0.0773. The Labute approximate surface area is 205 Å². The summed E-state index contributed by atoms with van der Waals surface area (Å²) in [7, 11) is -10.5. The summed E-state index contributed by atoms with van der Waals surface area (Å²) in [6.07, 6.45) is -10.1. The van der Waals surface area contributed by atoms with Gasteiger partial charge in [0.2, 0.25) is 0 Å². The largest absolute Gasteiger partial charge is 0.481 e. The van der Waals surface area contributed by atoms with Gasteiger partial charge in [-0.15, -0.1) is 0 Å². The number of H-pyrrole nitrogens is 1. The van der Waals surface area contributed by atoms with E-state index >= 15 is 0 Å². The summed E-state index contributed by atoms with van der Waals surface area (Å²) in [4.78, 5) is 50.7. The van der Waals surface area contributed by atoms with E-state index in [9.17, 15) is 39.1 Å². The van der Waals surface area contributed by atoms with E-state index in [1.807, 2.05) is 4.98 Å². The van der Waals surface area contributed by atoms with Gasteiger partial charge < -0.3 is 60.5 Å². The molecule has 1 aromatic rings. The molecule has 3 heterocycles. The number of nitrogens with two attached hydrogens (primary N) is 1. The predicted molar refractivity (Wildman–Crippen MR) is 114 cm³/mol. The second-order valence-electron chi connectivity index (χ2n) is 7.71. The van der Waals surface area contributed by atoms with E-state index in [1.54, 1.807) is 0 Å². The van der Waals surface area contributed by atoms with Crippen LogP contribution in [0.1, 0.15) is 6.23 Å². The lowest BCUT2D eigenvalue weighted by atomic mass is 9.98. The molecular weight excluding hydrogens is 556 g/mol. The number of hydrogen-bond acceptors (Lipinski definition) is 15. The highest BCUT2D eigenvalue weighted by Crippen LogP contribution is 2.57. The third kappa shape index (κ3) is 8.53. The molecule has 12 N–H and O–H groups in total. The fraction of sp³-hybridized carbons (Fsp3) is 0.733. The molecule has 0 saturated carbocycles. The van der Waals surface area contributed by atoms with E-state index in [1.165, 1.54) is 0 Å². The van der Waals surface area contributed by atoms with Crippen LogP contribution in [0.25, 0.3) is 0 Å². The number of aliphatic hydroxyl groups is 6. The first kappa shape index (κ1) is 31.8. The molecule has 0 aromatic carbocycles. The summed E-state index contributed by atoms with van der Waals surface area (Å²) in [6.45, 7) is -1.37. The number of rotatable bonds is 7. The molecule has 2 fully saturated rings. The van der Waals surface area contributed by atoms with Gasteiger partial charge in [0.1, 0.15) is 36.6 Å². The average Bonchev–Trinajstić information content (AvgIpc) is 3.06. The van der Waals surface area contributed by atoms with Gasteiger partial charge in [-0.25, -0.2) is 13.9 Å². The van der Waals surface area contributed by atoms with Crippen LogP contribution < -0.4 is 17.0 Å². The van der Waals surface area contributed by atoms with E-state index in [0.717, 1.165) is 16.8 Å². The fourth-order valence-corrected chi connectivity index (χ4v) is 4.77. The van der Waals surface area contributed by atoms with Crippen molar-refractivity contribution >= 4 is 15.6 Å². The summed E-state index contributed by atoms with van der Waals surface area (Å²) in [5, 5.41) is 55.8. The molecular formula is C15H27N3O17P2. The molecule has 0 amide bonds. The molecule has 214 valence electrons. The van der Waals surface area contributed by atoms with Crippen LogP contribution in [0.2, 0.25) is 0 Å². The average molecular weight is 583 g/mol. The van der Waals surface area contributed by atoms with Crippen molar-refractivity contribution in [2.75, 3.05) is 13.2 Å². The van der Waals surface area contributed by atoms with Crippen LogP contribution in [0.15, 0.2) is 21.9 Å². The second-order valence-corrected chi connectivity index (χ2v) is 10.5. The lowest BCUT2D eigenvalue weighted by molar-refractivity contribution is -0.248. The molecule has 37 heavy (non-hydrogen) atoms. The predicted octanol–water partition coefficient (Wildman–Crippen LogP) is -5.87. The Balaban J connectivity index is 0.000000335. The summed E-state index contributed by atoms with van der Waals surface area (Å²) >= 11 is 0. The topological polar surface area (TPSA) is 334 Å². The van der Waals surface area contributed by atoms with Crippen molar-refractivity contribution in [2.45, 2.75) is 55.2 Å². The van der Waals surface area contributed by atoms with Crippen molar-refractivity contribution in [3.8, 4) is 0 Å². The highest BCUT2D eigenvalue weighted by molar-refractivity contribution is 7.60. The van der Waals surface area contributed by atoms with E-state index in [2.05, 4.69) is 8.83 Å². The summed E-state index contributed by atoms with van der Waals surface area (Å²) in [5.41, 5.74) is 3.62. The van der Waals surface area contributed by atoms with Gasteiger partial charge in [0, 0.05) is 12.3 Å². The number of aliphatic hydroxyl groups excluding tert-OH is 6. The third-order valence-corrected chi connectivity index (χ3v) is 7.17. The quantitative estimate of drug-likeness (QED) is 0.133. The third-order valence-electron chi connectivity index (χ3n) is 5.02. The Bertz CT molecular complexity index is 1100. The molecule has 20 nitrogen and oxygen atoms in total. The van der Waals surface area contributed by atoms with Crippen LogP contribution >= 0.6 is 15.6 Å². The maximum absolute atomic E-state index is 11.7. The van der Waals surface area contributed by atoms with Crippen LogP contribution in [0, 0.1) is 0 Å². The Hall–Kier alpha value is -1.42. The standard InChI is InChI=1S/C9H14N2O12P2.C6H13NO5/c12-5-1-2-11(9(15)10-5)8-7(14)6(13)4(22-8)3-21-25(19,20)23-24(16,17)18;7-3-5(10)4(9)2(1-8)12-6(3)11/h1-2,4,6-8,13-14H,3H2,(H,19,20)(H,10,12,15)(H2,16,17,18);2-6,8-11H,1,7H2/t4-,6-,7-,8-;2-,3+,4-,5-,6?/m11/s1. The number of nitrogens with zero attached hydrogens (tertiary/aromatic N) is 1. The molecule has 3 rings (SSSR count). The monoisotopic (exact) mass is 583 g/mol. The van der Waals surface area contributed by atoms with Gasteiger partial charge in [0.05, 0.1) is 19.3 Å². The Kier molecular flexibility index (Phi) is 10.8. The van der Waals surface area contributed by atoms with Crippen molar-refractivity contribution < 1.29 is 72.8 Å². The minimum atomic E-state index is -5.32. The zero-order valence-corrected chi connectivity index (χ0v) is 20.3. The lowest BCUT2D eigenvalue weighted by Gasteiger charge is -2.38. The molecule has 0 aliphatic carbocycles. The van der Waals surface area contributed by atoms with Gasteiger partial charge in [-0.05, 0) is 0 Å². The van der Waals surface area contributed by atoms with Crippen molar-refractivity contribution in [2.24, 2.45) is 5.73 Å². The SMILES string of the molecule is N[C@@H]1C(O)O[C@H](CO)[C@@H](O)[C@@H]1O.O=c1ccn([C@@H]2O[C@H](COP(=O)(O)OP(=O)(O)O)[C@@H](O)[C@H]2O)c(=O)[nH]1. The van der Waals surface area contributed by atoms with Crippen LogP contribution in [-0.2, 0) is 27.4 Å². The smallest absolute Gasteiger partial charge is 0.394 e. The molecule has 0 spiro atoms. The van der Waals surface area contributed by atoms with Crippen molar-refractivity contribution in [1.82, 2.24) is 9.55 Å². The van der Waals surface area contributed by atoms with Gasteiger partial charge >= 0.3 is 21.3 Å². The number of aromatic nitrogens is 2. The molecule has 10 atom stereocenters. The fourth-order valence-electron chi connectivity index (χ4n) is 3.17. The second kappa shape index (κ2) is 12.6. The number of nitrogens with one attached hydrogen (secondary N) is 1. The summed E-state index contributed by atoms with van der Waals surface area (Å²) in [5.74, 6) is 0. The maximum Gasteiger partial charge on any atom is 0.481 e. The molecule has 2 aliphatic rings. The zero-order valence-electron chi connectivity index (χ0n) is 18.5. The highest BCUT2D eigenvalue weighted by Gasteiger charge is 2.46.